The van der Waals surface area contributed by atoms with E-state index in [1.807, 2.05) is 0 Å². The van der Waals surface area contributed by atoms with Crippen molar-refractivity contribution in [2.45, 2.75) is 31.7 Å². The average Bonchev–Trinajstić information content (AvgIpc) is 2.66. The lowest BCUT2D eigenvalue weighted by Crippen LogP contribution is -2.53. The van der Waals surface area contributed by atoms with Gasteiger partial charge in [0, 0.05) is 30.3 Å². The summed E-state index contributed by atoms with van der Waals surface area (Å²) in [5.74, 6) is 0.752. The summed E-state index contributed by atoms with van der Waals surface area (Å²) in [4.78, 5) is 15.0. The van der Waals surface area contributed by atoms with Crippen LogP contribution in [-0.2, 0) is 11.0 Å². The quantitative estimate of drug-likeness (QED) is 0.642. The van der Waals surface area contributed by atoms with Gasteiger partial charge in [-0.05, 0) is 24.6 Å². The Balaban J connectivity index is 2.49. The lowest BCUT2D eigenvalue weighted by molar-refractivity contribution is -0.137. The monoisotopic (exact) mass is 439 g/mol. The molecule has 0 spiro atoms. The highest BCUT2D eigenvalue weighted by Crippen LogP contribution is 2.36. The molecule has 0 aromatic heterocycles. The highest BCUT2D eigenvalue weighted by molar-refractivity contribution is 7.99. The molecule has 1 heterocycles. The van der Waals surface area contributed by atoms with Crippen LogP contribution in [0.2, 0.25) is 0 Å². The summed E-state index contributed by atoms with van der Waals surface area (Å²) in [6, 6.07) is 2.48. The molecule has 1 saturated heterocycles. The van der Waals surface area contributed by atoms with Crippen LogP contribution < -0.4 is 4.90 Å². The van der Waals surface area contributed by atoms with Crippen molar-refractivity contribution in [2.75, 3.05) is 36.0 Å². The fourth-order valence-electron chi connectivity index (χ4n) is 3.14. The molecule has 0 radical (unpaired) electrons. The number of halogens is 6. The van der Waals surface area contributed by atoms with E-state index in [9.17, 15) is 31.1 Å². The third kappa shape index (κ3) is 5.95. The van der Waals surface area contributed by atoms with Crippen LogP contribution in [0.3, 0.4) is 0 Å². The first-order valence-corrected chi connectivity index (χ1v) is 9.94. The van der Waals surface area contributed by atoms with Crippen molar-refractivity contribution in [3.05, 3.63) is 29.3 Å². The number of nitriles is 1. The average molecular weight is 439 g/mol. The molecule has 1 aromatic rings. The number of hydrogen-bond donors (Lipinski definition) is 0. The molecule has 1 fully saturated rings. The Labute approximate surface area is 168 Å². The molecule has 4 nitrogen and oxygen atoms in total. The SMILES string of the molecule is CCC(C(=O)N1CCSCC1)N(CC(F)(F)F)c1ccc(C#N)c(C(F)(F)F)c1. The Hall–Kier alpha value is -2.09. The zero-order valence-electron chi connectivity index (χ0n) is 15.5. The molecular weight excluding hydrogens is 420 g/mol. The van der Waals surface area contributed by atoms with Crippen molar-refractivity contribution in [3.63, 3.8) is 0 Å². The van der Waals surface area contributed by atoms with Gasteiger partial charge in [0.15, 0.2) is 0 Å². The normalized spacial score (nSPS) is 16.3. The summed E-state index contributed by atoms with van der Waals surface area (Å²) in [5, 5.41) is 8.91. The molecule has 2 rings (SSSR count). The number of amides is 1. The summed E-state index contributed by atoms with van der Waals surface area (Å²) < 4.78 is 79.5. The van der Waals surface area contributed by atoms with E-state index < -0.39 is 47.7 Å². The van der Waals surface area contributed by atoms with Gasteiger partial charge in [-0.2, -0.15) is 43.4 Å². The van der Waals surface area contributed by atoms with Gasteiger partial charge in [0.05, 0.1) is 17.2 Å². The minimum Gasteiger partial charge on any atom is -0.350 e. The first-order valence-electron chi connectivity index (χ1n) is 8.79. The van der Waals surface area contributed by atoms with Gasteiger partial charge in [-0.1, -0.05) is 6.92 Å². The lowest BCUT2D eigenvalue weighted by atomic mass is 10.0. The number of carbonyl (C=O) groups is 1. The zero-order chi connectivity index (χ0) is 21.8. The third-order valence-electron chi connectivity index (χ3n) is 4.48. The van der Waals surface area contributed by atoms with Crippen molar-refractivity contribution in [2.24, 2.45) is 0 Å². The topological polar surface area (TPSA) is 47.3 Å². The van der Waals surface area contributed by atoms with E-state index in [-0.39, 0.29) is 6.42 Å². The largest absolute Gasteiger partial charge is 0.417 e. The van der Waals surface area contributed by atoms with Gasteiger partial charge in [0.1, 0.15) is 12.6 Å². The van der Waals surface area contributed by atoms with Crippen LogP contribution in [-0.4, -0.2) is 54.2 Å². The van der Waals surface area contributed by atoms with E-state index in [1.54, 1.807) is 11.8 Å². The van der Waals surface area contributed by atoms with E-state index in [0.717, 1.165) is 12.1 Å². The van der Waals surface area contributed by atoms with E-state index in [1.165, 1.54) is 17.9 Å². The van der Waals surface area contributed by atoms with Gasteiger partial charge >= 0.3 is 12.4 Å². The minimum atomic E-state index is -4.92. The zero-order valence-corrected chi connectivity index (χ0v) is 16.3. The van der Waals surface area contributed by atoms with Crippen LogP contribution in [0.1, 0.15) is 24.5 Å². The van der Waals surface area contributed by atoms with Crippen LogP contribution in [0.25, 0.3) is 0 Å². The van der Waals surface area contributed by atoms with E-state index in [2.05, 4.69) is 0 Å². The maximum absolute atomic E-state index is 13.3. The summed E-state index contributed by atoms with van der Waals surface area (Å²) in [5.41, 5.74) is -2.43. The Morgan fingerprint density at radius 3 is 2.34 bits per heavy atom. The van der Waals surface area contributed by atoms with Crippen LogP contribution in [0.5, 0.6) is 0 Å². The van der Waals surface area contributed by atoms with Crippen molar-refractivity contribution < 1.29 is 31.1 Å². The summed E-state index contributed by atoms with van der Waals surface area (Å²) >= 11 is 1.62. The van der Waals surface area contributed by atoms with Crippen LogP contribution in [0, 0.1) is 11.3 Å². The fourth-order valence-corrected chi connectivity index (χ4v) is 4.04. The summed E-state index contributed by atoms with van der Waals surface area (Å²) in [6.07, 6.45) is -9.67. The molecule has 11 heteroatoms. The molecule has 0 bridgehead atoms. The highest BCUT2D eigenvalue weighted by atomic mass is 32.2. The first kappa shape index (κ1) is 23.2. The molecule has 1 aliphatic heterocycles. The Morgan fingerprint density at radius 2 is 1.86 bits per heavy atom. The molecule has 1 amide bonds. The standard InChI is InChI=1S/C18H19F6N3OS/c1-2-15(16(28)26-5-7-29-8-6-26)27(11-17(19,20)21)13-4-3-12(10-25)14(9-13)18(22,23)24/h3-4,9,15H,2,5-8,11H2,1H3. The number of hydrogen-bond acceptors (Lipinski definition) is 4. The number of thioether (sulfide) groups is 1. The smallest absolute Gasteiger partial charge is 0.350 e. The van der Waals surface area contributed by atoms with Gasteiger partial charge in [-0.15, -0.1) is 0 Å². The first-order chi connectivity index (χ1) is 13.5. The number of benzene rings is 1. The van der Waals surface area contributed by atoms with E-state index >= 15 is 0 Å². The Kier molecular flexibility index (Phi) is 7.32. The van der Waals surface area contributed by atoms with Gasteiger partial charge in [-0.3, -0.25) is 4.79 Å². The van der Waals surface area contributed by atoms with Gasteiger partial charge in [0.2, 0.25) is 5.91 Å². The maximum atomic E-state index is 13.3. The Morgan fingerprint density at radius 1 is 1.24 bits per heavy atom. The molecule has 1 aromatic carbocycles. The predicted molar refractivity (Wildman–Crippen MR) is 97.5 cm³/mol. The number of anilines is 1. The van der Waals surface area contributed by atoms with Gasteiger partial charge < -0.3 is 9.80 Å². The second-order valence-corrected chi connectivity index (χ2v) is 7.67. The molecule has 160 valence electrons. The molecule has 1 atom stereocenters. The lowest BCUT2D eigenvalue weighted by Gasteiger charge is -2.37. The van der Waals surface area contributed by atoms with Crippen molar-refractivity contribution >= 4 is 23.4 Å². The fraction of sp³-hybridized carbons (Fsp3) is 0.556. The van der Waals surface area contributed by atoms with Crippen molar-refractivity contribution in [1.82, 2.24) is 4.90 Å². The van der Waals surface area contributed by atoms with Gasteiger partial charge in [0.25, 0.3) is 0 Å². The van der Waals surface area contributed by atoms with Crippen LogP contribution in [0.4, 0.5) is 32.0 Å². The summed E-state index contributed by atoms with van der Waals surface area (Å²) in [6.45, 7) is 0.685. The highest BCUT2D eigenvalue weighted by Gasteiger charge is 2.39. The molecule has 1 aliphatic rings. The Bertz CT molecular complexity index is 768. The van der Waals surface area contributed by atoms with Crippen LogP contribution >= 0.6 is 11.8 Å². The summed E-state index contributed by atoms with van der Waals surface area (Å²) in [7, 11) is 0. The molecular formula is C18H19F6N3OS. The van der Waals surface area contributed by atoms with Crippen molar-refractivity contribution in [1.29, 1.82) is 5.26 Å². The molecule has 0 saturated carbocycles. The molecule has 1 unspecified atom stereocenters. The van der Waals surface area contributed by atoms with Crippen molar-refractivity contribution in [3.8, 4) is 6.07 Å². The number of nitrogens with zero attached hydrogens (tertiary/aromatic N) is 3. The number of carbonyl (C=O) groups excluding carboxylic acids is 1. The number of rotatable bonds is 5. The van der Waals surface area contributed by atoms with Gasteiger partial charge in [-0.25, -0.2) is 0 Å². The molecule has 29 heavy (non-hydrogen) atoms. The predicted octanol–water partition coefficient (Wildman–Crippen LogP) is 4.30. The van der Waals surface area contributed by atoms with E-state index in [0.29, 0.717) is 35.6 Å². The maximum Gasteiger partial charge on any atom is 0.417 e. The van der Waals surface area contributed by atoms with Crippen LogP contribution in [0.15, 0.2) is 18.2 Å². The third-order valence-corrected chi connectivity index (χ3v) is 5.42. The number of alkyl halides is 6. The minimum absolute atomic E-state index is 0.0140. The molecule has 0 N–H and O–H groups in total. The second-order valence-electron chi connectivity index (χ2n) is 6.44. The second kappa shape index (κ2) is 9.15. The van der Waals surface area contributed by atoms with E-state index in [4.69, 9.17) is 5.26 Å². The molecule has 0 aliphatic carbocycles.